The molecule has 0 bridgehead atoms. The van der Waals surface area contributed by atoms with Gasteiger partial charge in [0, 0.05) is 17.3 Å². The van der Waals surface area contributed by atoms with E-state index in [2.05, 4.69) is 31.9 Å². The summed E-state index contributed by atoms with van der Waals surface area (Å²) in [4.78, 5) is 23.7. The zero-order chi connectivity index (χ0) is 17.7. The predicted octanol–water partition coefficient (Wildman–Crippen LogP) is 3.76. The van der Waals surface area contributed by atoms with Gasteiger partial charge in [-0.05, 0) is 58.5 Å². The van der Waals surface area contributed by atoms with Crippen LogP contribution in [0.2, 0.25) is 0 Å². The molecule has 0 aliphatic rings. The number of rotatable bonds is 4. The van der Waals surface area contributed by atoms with Gasteiger partial charge in [-0.1, -0.05) is 19.9 Å². The minimum Gasteiger partial charge on any atom is -0.444 e. The number of benzene rings is 1. The van der Waals surface area contributed by atoms with Crippen molar-refractivity contribution >= 4 is 56.4 Å². The van der Waals surface area contributed by atoms with Gasteiger partial charge in [-0.3, -0.25) is 14.9 Å². The summed E-state index contributed by atoms with van der Waals surface area (Å²) in [5, 5.41) is 8.32. The zero-order valence-electron chi connectivity index (χ0n) is 13.1. The van der Waals surface area contributed by atoms with Crippen LogP contribution in [0.5, 0.6) is 0 Å². The minimum atomic E-state index is -0.456. The van der Waals surface area contributed by atoms with E-state index < -0.39 is 5.91 Å². The third-order valence-corrected chi connectivity index (χ3v) is 3.57. The molecular formula is C16H16BrN3O3S. The van der Waals surface area contributed by atoms with Gasteiger partial charge in [-0.25, -0.2) is 0 Å². The quantitative estimate of drug-likeness (QED) is 0.669. The van der Waals surface area contributed by atoms with Crippen molar-refractivity contribution in [3.63, 3.8) is 0 Å². The topological polar surface area (TPSA) is 83.4 Å². The zero-order valence-corrected chi connectivity index (χ0v) is 15.5. The molecule has 8 heteroatoms. The van der Waals surface area contributed by atoms with E-state index in [-0.39, 0.29) is 22.7 Å². The Balaban J connectivity index is 1.96. The van der Waals surface area contributed by atoms with Crippen LogP contribution in [0, 0.1) is 5.92 Å². The van der Waals surface area contributed by atoms with Gasteiger partial charge in [0.05, 0.1) is 0 Å². The largest absolute Gasteiger partial charge is 0.444 e. The number of hydrogen-bond donors (Lipinski definition) is 3. The number of thiocarbonyl (C=S) groups is 1. The first-order valence-electron chi connectivity index (χ1n) is 7.14. The lowest BCUT2D eigenvalue weighted by molar-refractivity contribution is -0.118. The summed E-state index contributed by atoms with van der Waals surface area (Å²) in [6, 6.07) is 10.2. The van der Waals surface area contributed by atoms with Crippen LogP contribution in [-0.4, -0.2) is 16.9 Å². The van der Waals surface area contributed by atoms with Gasteiger partial charge in [0.1, 0.15) is 0 Å². The standard InChI is InChI=1S/C16H16BrN3O3S/c1-9(2)14(21)18-10-4-3-5-11(8-10)19-16(24)20-15(22)12-6-7-13(17)23-12/h3-9H,1-2H3,(H,18,21)(H2,19,20,22,24). The van der Waals surface area contributed by atoms with Crippen LogP contribution in [0.1, 0.15) is 24.4 Å². The number of anilines is 2. The summed E-state index contributed by atoms with van der Waals surface area (Å²) < 4.78 is 5.61. The Hall–Kier alpha value is -2.19. The molecule has 3 N–H and O–H groups in total. The highest BCUT2D eigenvalue weighted by molar-refractivity contribution is 9.10. The van der Waals surface area contributed by atoms with Gasteiger partial charge < -0.3 is 15.1 Å². The van der Waals surface area contributed by atoms with Crippen molar-refractivity contribution in [2.45, 2.75) is 13.8 Å². The number of furan rings is 1. The van der Waals surface area contributed by atoms with Crippen molar-refractivity contribution in [1.29, 1.82) is 0 Å². The van der Waals surface area contributed by atoms with Crippen LogP contribution in [0.4, 0.5) is 11.4 Å². The number of carbonyl (C=O) groups is 2. The summed E-state index contributed by atoms with van der Waals surface area (Å²) >= 11 is 8.24. The van der Waals surface area contributed by atoms with E-state index in [0.29, 0.717) is 16.0 Å². The third kappa shape index (κ3) is 5.17. The second-order valence-electron chi connectivity index (χ2n) is 5.24. The summed E-state index contributed by atoms with van der Waals surface area (Å²) in [5.41, 5.74) is 1.28. The molecule has 0 atom stereocenters. The van der Waals surface area contributed by atoms with E-state index in [1.807, 2.05) is 13.8 Å². The summed E-state index contributed by atoms with van der Waals surface area (Å²) in [6.07, 6.45) is 0. The maximum absolute atomic E-state index is 11.9. The lowest BCUT2D eigenvalue weighted by Crippen LogP contribution is -2.33. The monoisotopic (exact) mass is 409 g/mol. The average Bonchev–Trinajstić information content (AvgIpc) is 2.94. The third-order valence-electron chi connectivity index (χ3n) is 2.94. The van der Waals surface area contributed by atoms with Crippen molar-refractivity contribution in [1.82, 2.24) is 5.32 Å². The second-order valence-corrected chi connectivity index (χ2v) is 6.43. The highest BCUT2D eigenvalue weighted by Crippen LogP contribution is 2.16. The normalized spacial score (nSPS) is 10.3. The first kappa shape index (κ1) is 18.2. The van der Waals surface area contributed by atoms with E-state index in [9.17, 15) is 9.59 Å². The van der Waals surface area contributed by atoms with E-state index >= 15 is 0 Å². The van der Waals surface area contributed by atoms with Gasteiger partial charge in [0.2, 0.25) is 5.91 Å². The highest BCUT2D eigenvalue weighted by atomic mass is 79.9. The van der Waals surface area contributed by atoms with Crippen LogP contribution in [-0.2, 0) is 4.79 Å². The molecule has 0 fully saturated rings. The Morgan fingerprint density at radius 3 is 2.38 bits per heavy atom. The molecule has 2 aromatic rings. The Labute approximate surface area is 153 Å². The number of carbonyl (C=O) groups excluding carboxylic acids is 2. The van der Waals surface area contributed by atoms with Crippen molar-refractivity contribution < 1.29 is 14.0 Å². The van der Waals surface area contributed by atoms with E-state index in [4.69, 9.17) is 16.6 Å². The van der Waals surface area contributed by atoms with Crippen molar-refractivity contribution in [3.8, 4) is 0 Å². The number of halogens is 1. The Morgan fingerprint density at radius 1 is 1.12 bits per heavy atom. The molecule has 0 saturated heterocycles. The molecule has 1 aromatic heterocycles. The molecule has 24 heavy (non-hydrogen) atoms. The maximum Gasteiger partial charge on any atom is 0.293 e. The average molecular weight is 410 g/mol. The van der Waals surface area contributed by atoms with Gasteiger partial charge >= 0.3 is 0 Å². The van der Waals surface area contributed by atoms with E-state index in [0.717, 1.165) is 0 Å². The van der Waals surface area contributed by atoms with Crippen LogP contribution < -0.4 is 16.0 Å². The van der Waals surface area contributed by atoms with Crippen molar-refractivity contribution in [2.75, 3.05) is 10.6 Å². The molecule has 1 aromatic carbocycles. The lowest BCUT2D eigenvalue weighted by atomic mass is 10.2. The van der Waals surface area contributed by atoms with Crippen LogP contribution in [0.25, 0.3) is 0 Å². The summed E-state index contributed by atoms with van der Waals surface area (Å²) in [7, 11) is 0. The summed E-state index contributed by atoms with van der Waals surface area (Å²) in [6.45, 7) is 3.63. The van der Waals surface area contributed by atoms with Crippen LogP contribution in [0.15, 0.2) is 45.5 Å². The molecule has 2 amide bonds. The van der Waals surface area contributed by atoms with Crippen molar-refractivity contribution in [3.05, 3.63) is 46.8 Å². The molecule has 0 unspecified atom stereocenters. The number of nitrogens with one attached hydrogen (secondary N) is 3. The lowest BCUT2D eigenvalue weighted by Gasteiger charge is -2.11. The Morgan fingerprint density at radius 2 is 1.79 bits per heavy atom. The molecule has 0 aliphatic carbocycles. The molecule has 6 nitrogen and oxygen atoms in total. The molecule has 1 heterocycles. The minimum absolute atomic E-state index is 0.0774. The fourth-order valence-corrected chi connectivity index (χ4v) is 2.24. The van der Waals surface area contributed by atoms with Crippen LogP contribution >= 0.6 is 28.1 Å². The van der Waals surface area contributed by atoms with E-state index in [1.165, 1.54) is 6.07 Å². The molecule has 126 valence electrons. The predicted molar refractivity (Wildman–Crippen MR) is 100 cm³/mol. The highest BCUT2D eigenvalue weighted by Gasteiger charge is 2.12. The molecule has 2 rings (SSSR count). The first-order chi connectivity index (χ1) is 11.3. The molecule has 0 aliphatic heterocycles. The fourth-order valence-electron chi connectivity index (χ4n) is 1.72. The second kappa shape index (κ2) is 8.07. The maximum atomic E-state index is 11.9. The van der Waals surface area contributed by atoms with Crippen molar-refractivity contribution in [2.24, 2.45) is 5.92 Å². The van der Waals surface area contributed by atoms with E-state index in [1.54, 1.807) is 30.3 Å². The SMILES string of the molecule is CC(C)C(=O)Nc1cccc(NC(=S)NC(=O)c2ccc(Br)o2)c1. The van der Waals surface area contributed by atoms with Gasteiger partial charge in [0.25, 0.3) is 5.91 Å². The summed E-state index contributed by atoms with van der Waals surface area (Å²) in [5.74, 6) is -0.507. The van der Waals surface area contributed by atoms with Gasteiger partial charge in [-0.2, -0.15) is 0 Å². The number of amides is 2. The molecule has 0 spiro atoms. The molecule has 0 saturated carbocycles. The Kier molecular flexibility index (Phi) is 6.10. The van der Waals surface area contributed by atoms with Gasteiger partial charge in [-0.15, -0.1) is 0 Å². The smallest absolute Gasteiger partial charge is 0.293 e. The Bertz CT molecular complexity index is 773. The first-order valence-corrected chi connectivity index (χ1v) is 8.34. The fraction of sp³-hybridized carbons (Fsp3) is 0.188. The number of hydrogen-bond acceptors (Lipinski definition) is 4. The molecular weight excluding hydrogens is 394 g/mol. The molecule has 0 radical (unpaired) electrons. The van der Waals surface area contributed by atoms with Crippen LogP contribution in [0.3, 0.4) is 0 Å². The van der Waals surface area contributed by atoms with Gasteiger partial charge in [0.15, 0.2) is 15.5 Å².